The fourth-order valence-electron chi connectivity index (χ4n) is 18.0. The van der Waals surface area contributed by atoms with Crippen molar-refractivity contribution in [3.05, 3.63) is 288 Å². The zero-order chi connectivity index (χ0) is 86.0. The largest absolute Gasteiger partial charge is 0.534 e. The number of pyridine rings is 4. The summed E-state index contributed by atoms with van der Waals surface area (Å²) in [6.45, 7) is 19.1. The summed E-state index contributed by atoms with van der Waals surface area (Å²) in [7, 11) is -8.83. The number of hydrogen-bond donors (Lipinski definition) is 2. The van der Waals surface area contributed by atoms with Gasteiger partial charge in [0.15, 0.2) is 5.76 Å². The lowest BCUT2D eigenvalue weighted by molar-refractivity contribution is -0.385. The minimum Gasteiger partial charge on any atom is -0.495 e. The van der Waals surface area contributed by atoms with Crippen LogP contribution in [-0.2, 0) is 100 Å². The third-order valence-corrected chi connectivity index (χ3v) is 28.4. The van der Waals surface area contributed by atoms with Gasteiger partial charge in [-0.2, -0.15) is 21.6 Å². The Morgan fingerprint density at radius 1 is 0.542 bits per heavy atom. The van der Waals surface area contributed by atoms with Gasteiger partial charge in [0.25, 0.3) is 21.4 Å². The molecule has 8 aliphatic carbocycles. The molecule has 3 N–H and O–H groups in total. The highest BCUT2D eigenvalue weighted by Crippen LogP contribution is 2.57. The standard InChI is InChI=1S/C26H26N2O4S.C19H16N2O3.C19H20N2O.C18H22BNO5.C8H6F3NO3S/c1-17(22-8-5-6-13-27-22)19-14-18(15-21-20(19)16-25(29)26(21)11-7-12-26)28-33(30,31)24-10-4-3-9-23(24)32-2;1-12(17-5-2-3-8-20-17)14-9-13(21(23)24)10-16-15(14)11-18(22)19(16)6-4-7-19;1-12(17-5-2-3-8-21-17)14-9-13(20)10-16-15(14)11-18(22)19(16)6-4-7-19;1-16(2)17(3,4)25-19(24-16)14-9-11(20(22)23)8-13-12(14)10-15(21)18(13)6-5-7-18;1-6(7-4-2-3-5-12-7)15-16(13,14)8(9,10)11/h3-6,8-10,13-15,17,28H,7,11-12,16H2,1-2H3;2-3,5,8-10H,1,4,6-7,11H2;2-3,5,8-10,12H,4,6-7,11,20H2,1H3;8-9H,5-7,10H2,1-4H3;2-5H,1H2. The molecule has 0 bridgehead atoms. The third kappa shape index (κ3) is 15.4. The molecule has 5 heterocycles. The first-order chi connectivity index (χ1) is 56.8. The van der Waals surface area contributed by atoms with Crippen LogP contribution in [0, 0.1) is 20.2 Å². The van der Waals surface area contributed by atoms with Crippen LogP contribution < -0.4 is 20.7 Å². The molecule has 9 aromatic rings. The van der Waals surface area contributed by atoms with E-state index in [-0.39, 0.29) is 62.3 Å². The summed E-state index contributed by atoms with van der Waals surface area (Å²) >= 11 is 0. The van der Waals surface area contributed by atoms with Gasteiger partial charge in [0, 0.05) is 115 Å². The van der Waals surface area contributed by atoms with Crippen molar-refractivity contribution in [2.24, 2.45) is 0 Å². The molecule has 120 heavy (non-hydrogen) atoms. The molecular formula is C90H90BF3N8O16S2. The number of non-ortho nitro benzene ring substituents is 2. The summed E-state index contributed by atoms with van der Waals surface area (Å²) < 4.78 is 108. The lowest BCUT2D eigenvalue weighted by atomic mass is 9.63. The lowest BCUT2D eigenvalue weighted by Gasteiger charge is -2.38. The van der Waals surface area contributed by atoms with Crippen molar-refractivity contribution >= 4 is 89.9 Å². The van der Waals surface area contributed by atoms with Crippen molar-refractivity contribution in [2.45, 2.75) is 199 Å². The highest BCUT2D eigenvalue weighted by Gasteiger charge is 2.58. The maximum absolute atomic E-state index is 13.3. The minimum absolute atomic E-state index is 0.00411. The van der Waals surface area contributed by atoms with E-state index in [0.717, 1.165) is 133 Å². The number of alkyl halides is 3. The fraction of sp³-hybridized carbons (Fsp3) is 0.356. The molecule has 2 unspecified atom stereocenters. The van der Waals surface area contributed by atoms with E-state index >= 15 is 0 Å². The Morgan fingerprint density at radius 2 is 0.950 bits per heavy atom. The first-order valence-corrected chi connectivity index (χ1v) is 42.6. The number of sulfonamides is 1. The molecule has 4 spiro atoms. The number of rotatable bonds is 16. The predicted molar refractivity (Wildman–Crippen MR) is 445 cm³/mol. The van der Waals surface area contributed by atoms with Crippen LogP contribution in [0.3, 0.4) is 0 Å². The zero-order valence-corrected chi connectivity index (χ0v) is 69.0. The Hall–Kier alpha value is -11.5. The molecule has 0 amide bonds. The van der Waals surface area contributed by atoms with Gasteiger partial charge in [0.1, 0.15) is 39.5 Å². The van der Waals surface area contributed by atoms with Crippen LogP contribution in [0.15, 0.2) is 188 Å². The molecule has 30 heteroatoms. The van der Waals surface area contributed by atoms with Crippen molar-refractivity contribution in [3.8, 4) is 5.75 Å². The summed E-state index contributed by atoms with van der Waals surface area (Å²) in [5, 5.41) is 22.8. The van der Waals surface area contributed by atoms with Crippen molar-refractivity contribution < 1.29 is 77.3 Å². The summed E-state index contributed by atoms with van der Waals surface area (Å²) in [6.07, 6.45) is 19.0. The van der Waals surface area contributed by atoms with Crippen LogP contribution in [0.4, 0.5) is 35.9 Å². The number of nitro benzene ring substituents is 2. The highest BCUT2D eigenvalue weighted by atomic mass is 32.2. The Morgan fingerprint density at radius 3 is 1.38 bits per heavy atom. The smallest absolute Gasteiger partial charge is 0.495 e. The SMILES string of the molecule is C=C(OS(=O)(=O)C(F)(F)F)c1ccccn1.C=C(c1ccccn1)c1cc([N+](=O)[O-])cc2c1CC(=O)C21CCC1.CC(c1ccccn1)c1cc(N)cc2c1CC(=O)C21CCC1.CC1(C)OB(c2cc([N+](=O)[O-])cc3c2CC(=O)C32CCC2)OC1(C)C.COc1ccccc1S(=O)(=O)Nc1cc(C(C)c2ccccn2)c2c(c1)C1(CCC1)C(=O)C2. The van der Waals surface area contributed by atoms with E-state index in [4.69, 9.17) is 19.8 Å². The van der Waals surface area contributed by atoms with E-state index in [1.54, 1.807) is 42.7 Å². The third-order valence-electron chi connectivity index (χ3n) is 25.9. The number of methoxy groups -OCH3 is 1. The van der Waals surface area contributed by atoms with Gasteiger partial charge in [-0.3, -0.25) is 64.1 Å². The lowest BCUT2D eigenvalue weighted by Crippen LogP contribution is -2.41. The number of para-hydroxylation sites is 1. The number of aromatic nitrogens is 4. The Bertz CT molecular complexity index is 5870. The normalized spacial score (nSPS) is 18.7. The molecule has 1 aliphatic heterocycles. The number of nitrogens with zero attached hydrogens (tertiary/aromatic N) is 6. The van der Waals surface area contributed by atoms with Crippen LogP contribution >= 0.6 is 0 Å². The maximum Gasteiger partial charge on any atom is 0.534 e. The molecule has 4 saturated carbocycles. The van der Waals surface area contributed by atoms with Crippen LogP contribution in [-0.4, -0.2) is 101 Å². The number of Topliss-reactive ketones (excluding diaryl/α,β-unsaturated/α-hetero) is 4. The number of nitrogens with two attached hydrogens (primary N) is 1. The summed E-state index contributed by atoms with van der Waals surface area (Å²) in [4.78, 5) is 90.0. The minimum atomic E-state index is -5.68. The molecule has 24 nitrogen and oxygen atoms in total. The molecule has 5 aromatic carbocycles. The van der Waals surface area contributed by atoms with E-state index in [1.807, 2.05) is 120 Å². The molecule has 1 saturated heterocycles. The Labute approximate surface area is 693 Å². The molecule has 5 fully saturated rings. The molecular weight excluding hydrogens is 1580 g/mol. The predicted octanol–water partition coefficient (Wildman–Crippen LogP) is 15.9. The quantitative estimate of drug-likeness (QED) is 0.0173. The Balaban J connectivity index is 0.000000125. The van der Waals surface area contributed by atoms with Crippen molar-refractivity contribution in [1.29, 1.82) is 0 Å². The van der Waals surface area contributed by atoms with E-state index in [9.17, 15) is 69.4 Å². The number of carbonyl (C=O) groups excluding carboxylic acids is 4. The van der Waals surface area contributed by atoms with Crippen molar-refractivity contribution in [3.63, 3.8) is 0 Å². The monoisotopic (exact) mass is 1670 g/mol. The number of nitro groups is 2. The van der Waals surface area contributed by atoms with E-state index in [0.29, 0.717) is 59.4 Å². The number of halogens is 3. The van der Waals surface area contributed by atoms with E-state index < -0.39 is 75.8 Å². The number of hydrogen-bond acceptors (Lipinski definition) is 21. The second-order valence-corrected chi connectivity index (χ2v) is 36.3. The van der Waals surface area contributed by atoms with Crippen LogP contribution in [0.1, 0.15) is 214 Å². The molecule has 622 valence electrons. The average Bonchev–Trinajstić information content (AvgIpc) is 1.57. The van der Waals surface area contributed by atoms with Crippen molar-refractivity contribution in [2.75, 3.05) is 17.6 Å². The number of benzene rings is 5. The topological polar surface area (TPSA) is 349 Å². The van der Waals surface area contributed by atoms with Gasteiger partial charge in [0.2, 0.25) is 0 Å². The van der Waals surface area contributed by atoms with E-state index in [2.05, 4.69) is 48.9 Å². The van der Waals surface area contributed by atoms with Gasteiger partial charge in [-0.05, 0) is 231 Å². The number of ketones is 4. The number of carbonyl (C=O) groups is 4. The molecule has 0 radical (unpaired) electrons. The van der Waals surface area contributed by atoms with Crippen LogP contribution in [0.5, 0.6) is 5.75 Å². The van der Waals surface area contributed by atoms with Crippen molar-refractivity contribution in [1.82, 2.24) is 19.9 Å². The average molecular weight is 1670 g/mol. The van der Waals surface area contributed by atoms with Gasteiger partial charge in [0.05, 0.1) is 55.5 Å². The number of fused-ring (bicyclic) bond motifs is 8. The first kappa shape index (κ1) is 85.0. The van der Waals surface area contributed by atoms with Crippen LogP contribution in [0.25, 0.3) is 11.3 Å². The Kier molecular flexibility index (Phi) is 22.8. The van der Waals surface area contributed by atoms with Gasteiger partial charge < -0.3 is 24.0 Å². The van der Waals surface area contributed by atoms with Gasteiger partial charge >= 0.3 is 22.7 Å². The second kappa shape index (κ2) is 32.3. The molecule has 18 rings (SSSR count). The second-order valence-electron chi connectivity index (χ2n) is 33.1. The van der Waals surface area contributed by atoms with E-state index in [1.165, 1.54) is 66.4 Å². The summed E-state index contributed by atoms with van der Waals surface area (Å²) in [5.41, 5.74) is 13.5. The maximum atomic E-state index is 13.3. The first-order valence-electron chi connectivity index (χ1n) is 39.7. The molecule has 4 aromatic heterocycles. The number of anilines is 2. The molecule has 2 atom stereocenters. The highest BCUT2D eigenvalue weighted by molar-refractivity contribution is 7.92. The summed E-state index contributed by atoms with van der Waals surface area (Å²) in [5.74, 6) is 0.639. The van der Waals surface area contributed by atoms with Gasteiger partial charge in [-0.15, -0.1) is 0 Å². The zero-order valence-electron chi connectivity index (χ0n) is 67.4. The fourth-order valence-corrected chi connectivity index (χ4v) is 19.7. The van der Waals surface area contributed by atoms with Gasteiger partial charge in [-0.1, -0.05) is 89.1 Å². The number of nitrogens with one attached hydrogen (secondary N) is 1. The van der Waals surface area contributed by atoms with Crippen LogP contribution in [0.2, 0.25) is 0 Å². The number of ether oxygens (including phenoxy) is 1. The number of nitrogen functional groups attached to an aromatic ring is 1. The molecule has 9 aliphatic rings. The summed E-state index contributed by atoms with van der Waals surface area (Å²) in [6, 6.07) is 42.0. The van der Waals surface area contributed by atoms with Gasteiger partial charge in [-0.25, -0.2) is 8.42 Å².